The fourth-order valence-corrected chi connectivity index (χ4v) is 2.23. The smallest absolute Gasteiger partial charge is 0.228 e. The van der Waals surface area contributed by atoms with Crippen molar-refractivity contribution in [3.05, 3.63) is 65.2 Å². The Hall–Kier alpha value is -2.13. The number of hydrogen-bond acceptors (Lipinski definition) is 2. The number of aryl methyl sites for hydroxylation is 1. The summed E-state index contributed by atoms with van der Waals surface area (Å²) in [5.74, 6) is 0.0215. The number of carbonyl (C=O) groups excluding carboxylic acids is 1. The normalized spacial score (nSPS) is 10.4. The molecule has 0 spiro atoms. The van der Waals surface area contributed by atoms with E-state index in [9.17, 15) is 4.79 Å². The first-order valence-electron chi connectivity index (χ1n) is 7.33. The summed E-state index contributed by atoms with van der Waals surface area (Å²) in [7, 11) is 0. The number of para-hydroxylation sites is 1. The van der Waals surface area contributed by atoms with E-state index in [1.807, 2.05) is 55.5 Å². The molecule has 110 valence electrons. The van der Waals surface area contributed by atoms with Crippen LogP contribution in [0.5, 0.6) is 0 Å². The first-order valence-corrected chi connectivity index (χ1v) is 7.33. The molecule has 3 nitrogen and oxygen atoms in total. The highest BCUT2D eigenvalue weighted by atomic mass is 16.1. The third-order valence-corrected chi connectivity index (χ3v) is 3.47. The zero-order chi connectivity index (χ0) is 15.1. The largest absolute Gasteiger partial charge is 0.325 e. The molecule has 2 aromatic carbocycles. The average molecular weight is 282 g/mol. The van der Waals surface area contributed by atoms with Crippen molar-refractivity contribution in [2.24, 2.45) is 0 Å². The van der Waals surface area contributed by atoms with Crippen LogP contribution in [0.1, 0.15) is 23.6 Å². The van der Waals surface area contributed by atoms with Gasteiger partial charge >= 0.3 is 0 Å². The maximum absolute atomic E-state index is 12.2. The molecule has 0 unspecified atom stereocenters. The molecule has 0 aliphatic rings. The third-order valence-electron chi connectivity index (χ3n) is 3.47. The van der Waals surface area contributed by atoms with Crippen LogP contribution in [-0.4, -0.2) is 12.5 Å². The summed E-state index contributed by atoms with van der Waals surface area (Å²) in [4.78, 5) is 12.2. The number of nitrogens with one attached hydrogen (secondary N) is 2. The van der Waals surface area contributed by atoms with Crippen molar-refractivity contribution in [2.75, 3.05) is 11.9 Å². The predicted octanol–water partition coefficient (Wildman–Crippen LogP) is 3.29. The minimum absolute atomic E-state index is 0.0215. The Bertz CT molecular complexity index is 608. The molecule has 0 saturated heterocycles. The molecule has 0 fully saturated rings. The molecule has 0 aliphatic heterocycles. The van der Waals surface area contributed by atoms with Gasteiger partial charge in [0.2, 0.25) is 5.91 Å². The summed E-state index contributed by atoms with van der Waals surface area (Å²) in [6, 6.07) is 15.9. The van der Waals surface area contributed by atoms with Crippen molar-refractivity contribution < 1.29 is 4.79 Å². The van der Waals surface area contributed by atoms with E-state index in [-0.39, 0.29) is 5.91 Å². The van der Waals surface area contributed by atoms with Crippen LogP contribution >= 0.6 is 0 Å². The van der Waals surface area contributed by atoms with Gasteiger partial charge in [-0.05, 0) is 36.2 Å². The van der Waals surface area contributed by atoms with Crippen LogP contribution < -0.4 is 10.6 Å². The molecule has 0 radical (unpaired) electrons. The van der Waals surface area contributed by atoms with Gasteiger partial charge in [-0.25, -0.2) is 0 Å². The van der Waals surface area contributed by atoms with Gasteiger partial charge in [-0.1, -0.05) is 49.4 Å². The summed E-state index contributed by atoms with van der Waals surface area (Å²) in [5, 5.41) is 6.30. The van der Waals surface area contributed by atoms with Gasteiger partial charge in [0.25, 0.3) is 0 Å². The average Bonchev–Trinajstić information content (AvgIpc) is 2.49. The van der Waals surface area contributed by atoms with Gasteiger partial charge in [0, 0.05) is 12.2 Å². The molecular weight excluding hydrogens is 260 g/mol. The highest BCUT2D eigenvalue weighted by Crippen LogP contribution is 2.16. The Kier molecular flexibility index (Phi) is 5.52. The molecular formula is C18H22N2O. The highest BCUT2D eigenvalue weighted by Gasteiger charge is 2.08. The highest BCUT2D eigenvalue weighted by molar-refractivity contribution is 5.93. The van der Waals surface area contributed by atoms with Crippen molar-refractivity contribution >= 4 is 11.6 Å². The quantitative estimate of drug-likeness (QED) is 0.853. The lowest BCUT2D eigenvalue weighted by Crippen LogP contribution is -2.18. The van der Waals surface area contributed by atoms with Crippen molar-refractivity contribution in [1.29, 1.82) is 0 Å². The van der Waals surface area contributed by atoms with Crippen LogP contribution in [0, 0.1) is 6.92 Å². The minimum Gasteiger partial charge on any atom is -0.325 e. The van der Waals surface area contributed by atoms with Crippen molar-refractivity contribution in [3.63, 3.8) is 0 Å². The van der Waals surface area contributed by atoms with E-state index in [0.717, 1.165) is 35.5 Å². The van der Waals surface area contributed by atoms with Crippen LogP contribution in [0.2, 0.25) is 0 Å². The molecule has 0 heterocycles. The fraction of sp³-hybridized carbons (Fsp3) is 0.278. The van der Waals surface area contributed by atoms with E-state index in [1.54, 1.807) is 0 Å². The molecule has 0 atom stereocenters. The molecule has 2 rings (SSSR count). The molecule has 21 heavy (non-hydrogen) atoms. The van der Waals surface area contributed by atoms with E-state index in [1.165, 1.54) is 0 Å². The van der Waals surface area contributed by atoms with Crippen LogP contribution in [-0.2, 0) is 17.8 Å². The summed E-state index contributed by atoms with van der Waals surface area (Å²) in [6.45, 7) is 5.77. The van der Waals surface area contributed by atoms with Gasteiger partial charge in [0.1, 0.15) is 0 Å². The summed E-state index contributed by atoms with van der Waals surface area (Å²) in [5.41, 5.74) is 4.21. The summed E-state index contributed by atoms with van der Waals surface area (Å²) >= 11 is 0. The van der Waals surface area contributed by atoms with E-state index in [2.05, 4.69) is 17.6 Å². The van der Waals surface area contributed by atoms with Crippen LogP contribution in [0.15, 0.2) is 48.5 Å². The zero-order valence-corrected chi connectivity index (χ0v) is 12.6. The molecule has 3 heteroatoms. The van der Waals surface area contributed by atoms with Crippen molar-refractivity contribution in [2.45, 2.75) is 26.8 Å². The number of rotatable bonds is 6. The SMILES string of the molecule is CCNCc1ccccc1NC(=O)Cc1ccccc1C. The molecule has 0 bridgehead atoms. The van der Waals surface area contributed by atoms with E-state index < -0.39 is 0 Å². The Morgan fingerprint density at radius 3 is 2.38 bits per heavy atom. The van der Waals surface area contributed by atoms with Gasteiger partial charge in [0.05, 0.1) is 6.42 Å². The Balaban J connectivity index is 2.04. The molecule has 1 amide bonds. The summed E-state index contributed by atoms with van der Waals surface area (Å²) < 4.78 is 0. The molecule has 2 aromatic rings. The topological polar surface area (TPSA) is 41.1 Å². The Labute approximate surface area is 126 Å². The van der Waals surface area contributed by atoms with Crippen molar-refractivity contribution in [1.82, 2.24) is 5.32 Å². The Morgan fingerprint density at radius 2 is 1.67 bits per heavy atom. The van der Waals surface area contributed by atoms with E-state index >= 15 is 0 Å². The van der Waals surface area contributed by atoms with Gasteiger partial charge in [-0.3, -0.25) is 4.79 Å². The number of amides is 1. The second-order valence-electron chi connectivity index (χ2n) is 5.09. The summed E-state index contributed by atoms with van der Waals surface area (Å²) in [6.07, 6.45) is 0.405. The fourth-order valence-electron chi connectivity index (χ4n) is 2.23. The second kappa shape index (κ2) is 7.60. The number of anilines is 1. The first kappa shape index (κ1) is 15.3. The number of hydrogen-bond donors (Lipinski definition) is 2. The standard InChI is InChI=1S/C18H22N2O/c1-3-19-13-16-10-6-7-11-17(16)20-18(21)12-15-9-5-4-8-14(15)2/h4-11,19H,3,12-13H2,1-2H3,(H,20,21). The zero-order valence-electron chi connectivity index (χ0n) is 12.6. The van der Waals surface area contributed by atoms with E-state index in [4.69, 9.17) is 0 Å². The third kappa shape index (κ3) is 4.43. The monoisotopic (exact) mass is 282 g/mol. The second-order valence-corrected chi connectivity index (χ2v) is 5.09. The van der Waals surface area contributed by atoms with Crippen molar-refractivity contribution in [3.8, 4) is 0 Å². The predicted molar refractivity (Wildman–Crippen MR) is 87.3 cm³/mol. The molecule has 0 aromatic heterocycles. The lowest BCUT2D eigenvalue weighted by atomic mass is 10.1. The number of benzene rings is 2. The van der Waals surface area contributed by atoms with Gasteiger partial charge < -0.3 is 10.6 Å². The van der Waals surface area contributed by atoms with Crippen LogP contribution in [0.4, 0.5) is 5.69 Å². The minimum atomic E-state index is 0.0215. The lowest BCUT2D eigenvalue weighted by molar-refractivity contribution is -0.115. The molecule has 2 N–H and O–H groups in total. The van der Waals surface area contributed by atoms with Crippen LogP contribution in [0.25, 0.3) is 0 Å². The molecule has 0 aliphatic carbocycles. The van der Waals surface area contributed by atoms with Gasteiger partial charge in [-0.2, -0.15) is 0 Å². The van der Waals surface area contributed by atoms with E-state index in [0.29, 0.717) is 6.42 Å². The number of carbonyl (C=O) groups is 1. The van der Waals surface area contributed by atoms with Gasteiger partial charge in [0.15, 0.2) is 0 Å². The lowest BCUT2D eigenvalue weighted by Gasteiger charge is -2.12. The maximum Gasteiger partial charge on any atom is 0.228 e. The molecule has 0 saturated carbocycles. The van der Waals surface area contributed by atoms with Crippen LogP contribution in [0.3, 0.4) is 0 Å². The van der Waals surface area contributed by atoms with Gasteiger partial charge in [-0.15, -0.1) is 0 Å². The first-order chi connectivity index (χ1) is 10.2. The Morgan fingerprint density at radius 1 is 1.00 bits per heavy atom. The maximum atomic E-state index is 12.2.